The van der Waals surface area contributed by atoms with Crippen LogP contribution in [-0.4, -0.2) is 10.2 Å². The molecular weight excluding hydrogens is 180 g/mol. The van der Waals surface area contributed by atoms with E-state index < -0.39 is 0 Å². The first-order valence-electron chi connectivity index (χ1n) is 4.26. The van der Waals surface area contributed by atoms with E-state index in [1.54, 1.807) is 0 Å². The third kappa shape index (κ3) is 1.69. The smallest absolute Gasteiger partial charge is 0.306 e. The monoisotopic (exact) mass is 190 g/mol. The minimum atomic E-state index is -0.259. The average molecular weight is 190 g/mol. The van der Waals surface area contributed by atoms with Crippen LogP contribution in [0.1, 0.15) is 5.56 Å². The maximum atomic E-state index is 11.1. The molecule has 2 N–H and O–H groups in total. The predicted molar refractivity (Wildman–Crippen MR) is 52.7 cm³/mol. The molecule has 0 radical (unpaired) electrons. The number of aryl methyl sites for hydroxylation is 1. The highest BCUT2D eigenvalue weighted by Gasteiger charge is 2.01. The van der Waals surface area contributed by atoms with E-state index >= 15 is 0 Å². The molecule has 0 unspecified atom stereocenters. The number of aromatic amines is 2. The Hall–Kier alpha value is -1.97. The van der Waals surface area contributed by atoms with Gasteiger partial charge in [-0.1, -0.05) is 17.7 Å². The Morgan fingerprint density at radius 2 is 1.93 bits per heavy atom. The van der Waals surface area contributed by atoms with E-state index in [0.29, 0.717) is 5.75 Å². The molecule has 0 amide bonds. The summed E-state index contributed by atoms with van der Waals surface area (Å²) in [6.45, 7) is 1.99. The van der Waals surface area contributed by atoms with Gasteiger partial charge in [-0.25, -0.2) is 0 Å². The standard InChI is InChI=1S/C10H10N2O2/c1-7-2-4-8(5-3-7)14-9-6-11-12-10(9)13/h2-6H,1H3,(H2,11,12,13). The van der Waals surface area contributed by atoms with Crippen LogP contribution < -0.4 is 10.3 Å². The largest absolute Gasteiger partial charge is 0.450 e. The summed E-state index contributed by atoms with van der Waals surface area (Å²) in [6.07, 6.45) is 1.49. The Kier molecular flexibility index (Phi) is 2.10. The van der Waals surface area contributed by atoms with Gasteiger partial charge in [-0.15, -0.1) is 0 Å². The van der Waals surface area contributed by atoms with E-state index in [9.17, 15) is 4.79 Å². The SMILES string of the molecule is Cc1ccc(Oc2c[nH][nH]c2=O)cc1. The number of benzene rings is 1. The second-order valence-corrected chi connectivity index (χ2v) is 3.02. The highest BCUT2D eigenvalue weighted by molar-refractivity contribution is 5.30. The molecule has 4 nitrogen and oxygen atoms in total. The quantitative estimate of drug-likeness (QED) is 0.758. The molecule has 0 spiro atoms. The van der Waals surface area contributed by atoms with Gasteiger partial charge in [0.15, 0.2) is 0 Å². The first-order valence-corrected chi connectivity index (χ1v) is 4.26. The summed E-state index contributed by atoms with van der Waals surface area (Å²) < 4.78 is 5.33. The Morgan fingerprint density at radius 1 is 1.21 bits per heavy atom. The van der Waals surface area contributed by atoms with Crippen LogP contribution in [0.5, 0.6) is 11.5 Å². The van der Waals surface area contributed by atoms with Gasteiger partial charge >= 0.3 is 5.56 Å². The van der Waals surface area contributed by atoms with Crippen LogP contribution in [0.15, 0.2) is 35.3 Å². The lowest BCUT2D eigenvalue weighted by molar-refractivity contribution is 0.478. The van der Waals surface area contributed by atoms with E-state index in [-0.39, 0.29) is 11.3 Å². The normalized spacial score (nSPS) is 10.1. The van der Waals surface area contributed by atoms with E-state index in [4.69, 9.17) is 4.74 Å². The first kappa shape index (κ1) is 8.62. The zero-order valence-corrected chi connectivity index (χ0v) is 7.70. The van der Waals surface area contributed by atoms with Crippen molar-refractivity contribution in [3.05, 3.63) is 46.4 Å². The summed E-state index contributed by atoms with van der Waals surface area (Å²) in [4.78, 5) is 11.1. The number of H-pyrrole nitrogens is 2. The Labute approximate surface area is 80.5 Å². The first-order chi connectivity index (χ1) is 6.75. The lowest BCUT2D eigenvalue weighted by atomic mass is 10.2. The third-order valence-corrected chi connectivity index (χ3v) is 1.86. The summed E-state index contributed by atoms with van der Waals surface area (Å²) in [6, 6.07) is 7.50. The van der Waals surface area contributed by atoms with Crippen LogP contribution in [0.25, 0.3) is 0 Å². The van der Waals surface area contributed by atoms with Crippen molar-refractivity contribution in [1.29, 1.82) is 0 Å². The highest BCUT2D eigenvalue weighted by atomic mass is 16.5. The van der Waals surface area contributed by atoms with Gasteiger partial charge in [0.05, 0.1) is 6.20 Å². The summed E-state index contributed by atoms with van der Waals surface area (Å²) >= 11 is 0. The lowest BCUT2D eigenvalue weighted by Crippen LogP contribution is -2.01. The number of hydrogen-bond acceptors (Lipinski definition) is 2. The fraction of sp³-hybridized carbons (Fsp3) is 0.100. The fourth-order valence-corrected chi connectivity index (χ4v) is 1.10. The van der Waals surface area contributed by atoms with Crippen molar-refractivity contribution in [2.24, 2.45) is 0 Å². The molecule has 4 heteroatoms. The van der Waals surface area contributed by atoms with Crippen molar-refractivity contribution in [3.8, 4) is 11.5 Å². The molecule has 0 aliphatic carbocycles. The number of aromatic nitrogens is 2. The van der Waals surface area contributed by atoms with Crippen LogP contribution >= 0.6 is 0 Å². The molecule has 0 bridgehead atoms. The minimum absolute atomic E-state index is 0.259. The molecule has 0 atom stereocenters. The Balaban J connectivity index is 2.23. The van der Waals surface area contributed by atoms with Crippen LogP contribution in [0, 0.1) is 6.92 Å². The van der Waals surface area contributed by atoms with Crippen LogP contribution in [0.3, 0.4) is 0 Å². The third-order valence-electron chi connectivity index (χ3n) is 1.86. The lowest BCUT2D eigenvalue weighted by Gasteiger charge is -2.01. The molecule has 0 saturated carbocycles. The molecule has 1 aromatic carbocycles. The maximum Gasteiger partial charge on any atom is 0.306 e. The molecule has 0 aliphatic rings. The molecule has 2 aromatic rings. The average Bonchev–Trinajstić information content (AvgIpc) is 2.56. The molecule has 0 aliphatic heterocycles. The zero-order valence-electron chi connectivity index (χ0n) is 7.70. The number of hydrogen-bond donors (Lipinski definition) is 2. The fourth-order valence-electron chi connectivity index (χ4n) is 1.10. The van der Waals surface area contributed by atoms with Gasteiger partial charge in [0.2, 0.25) is 5.75 Å². The van der Waals surface area contributed by atoms with Crippen molar-refractivity contribution in [2.45, 2.75) is 6.92 Å². The van der Waals surface area contributed by atoms with Crippen LogP contribution in [0.2, 0.25) is 0 Å². The Bertz CT molecular complexity index is 467. The predicted octanol–water partition coefficient (Wildman–Crippen LogP) is 1.80. The minimum Gasteiger partial charge on any atom is -0.450 e. The molecule has 72 valence electrons. The maximum absolute atomic E-state index is 11.1. The van der Waals surface area contributed by atoms with Crippen molar-refractivity contribution < 1.29 is 4.74 Å². The van der Waals surface area contributed by atoms with Crippen LogP contribution in [-0.2, 0) is 0 Å². The molecule has 2 rings (SSSR count). The summed E-state index contributed by atoms with van der Waals surface area (Å²) in [5.74, 6) is 0.926. The van der Waals surface area contributed by atoms with Gasteiger partial charge in [-0.3, -0.25) is 9.89 Å². The van der Waals surface area contributed by atoms with E-state index in [2.05, 4.69) is 10.2 Å². The number of nitrogens with one attached hydrogen (secondary N) is 2. The summed E-state index contributed by atoms with van der Waals surface area (Å²) in [5.41, 5.74) is 0.894. The number of rotatable bonds is 2. The van der Waals surface area contributed by atoms with E-state index in [0.717, 1.165) is 5.56 Å². The second kappa shape index (κ2) is 3.41. The molecule has 1 heterocycles. The second-order valence-electron chi connectivity index (χ2n) is 3.02. The molecule has 1 aromatic heterocycles. The molecule has 0 fully saturated rings. The van der Waals surface area contributed by atoms with Crippen molar-refractivity contribution in [3.63, 3.8) is 0 Å². The van der Waals surface area contributed by atoms with Gasteiger partial charge in [0.1, 0.15) is 5.75 Å². The van der Waals surface area contributed by atoms with Crippen molar-refractivity contribution >= 4 is 0 Å². The topological polar surface area (TPSA) is 57.9 Å². The van der Waals surface area contributed by atoms with Gasteiger partial charge in [-0.05, 0) is 19.1 Å². The van der Waals surface area contributed by atoms with Crippen molar-refractivity contribution in [2.75, 3.05) is 0 Å². The van der Waals surface area contributed by atoms with E-state index in [1.807, 2.05) is 31.2 Å². The van der Waals surface area contributed by atoms with E-state index in [1.165, 1.54) is 6.20 Å². The summed E-state index contributed by atoms with van der Waals surface area (Å²) in [5, 5.41) is 4.96. The molecular formula is C10H10N2O2. The number of ether oxygens (including phenoxy) is 1. The van der Waals surface area contributed by atoms with Gasteiger partial charge < -0.3 is 9.84 Å². The van der Waals surface area contributed by atoms with Gasteiger partial charge in [-0.2, -0.15) is 0 Å². The van der Waals surface area contributed by atoms with Gasteiger partial charge in [0.25, 0.3) is 0 Å². The van der Waals surface area contributed by atoms with Crippen molar-refractivity contribution in [1.82, 2.24) is 10.2 Å². The van der Waals surface area contributed by atoms with Gasteiger partial charge in [0, 0.05) is 0 Å². The summed E-state index contributed by atoms with van der Waals surface area (Å²) in [7, 11) is 0. The zero-order chi connectivity index (χ0) is 9.97. The van der Waals surface area contributed by atoms with Crippen LogP contribution in [0.4, 0.5) is 0 Å². The highest BCUT2D eigenvalue weighted by Crippen LogP contribution is 2.17. The Morgan fingerprint density at radius 3 is 2.50 bits per heavy atom. The molecule has 14 heavy (non-hydrogen) atoms. The molecule has 0 saturated heterocycles.